The predicted octanol–water partition coefficient (Wildman–Crippen LogP) is 4.19. The number of esters is 2. The first-order chi connectivity index (χ1) is 16.7. The van der Waals surface area contributed by atoms with Gasteiger partial charge in [0.05, 0.1) is 24.1 Å². The van der Waals surface area contributed by atoms with Crippen molar-refractivity contribution in [3.05, 3.63) is 77.1 Å². The second-order valence-electron chi connectivity index (χ2n) is 8.45. The van der Waals surface area contributed by atoms with E-state index >= 15 is 0 Å². The van der Waals surface area contributed by atoms with E-state index in [4.69, 9.17) is 9.47 Å². The molecule has 1 amide bonds. The van der Waals surface area contributed by atoms with Crippen LogP contribution in [0.25, 0.3) is 5.69 Å². The van der Waals surface area contributed by atoms with Gasteiger partial charge >= 0.3 is 11.9 Å². The summed E-state index contributed by atoms with van der Waals surface area (Å²) in [6.07, 6.45) is 0.824. The molecule has 0 saturated heterocycles. The van der Waals surface area contributed by atoms with E-state index in [1.54, 1.807) is 33.8 Å². The highest BCUT2D eigenvalue weighted by Crippen LogP contribution is 2.21. The van der Waals surface area contributed by atoms with E-state index in [9.17, 15) is 14.4 Å². The number of para-hydroxylation sites is 1. The first-order valence-corrected chi connectivity index (χ1v) is 11.5. The van der Waals surface area contributed by atoms with E-state index in [0.717, 1.165) is 28.3 Å². The summed E-state index contributed by atoms with van der Waals surface area (Å²) >= 11 is 0. The molecule has 8 heteroatoms. The summed E-state index contributed by atoms with van der Waals surface area (Å²) in [5, 5.41) is 4.58. The molecule has 0 bridgehead atoms. The highest BCUT2D eigenvalue weighted by Gasteiger charge is 2.21. The lowest BCUT2D eigenvalue weighted by Gasteiger charge is -2.26. The Hall–Kier alpha value is -3.94. The van der Waals surface area contributed by atoms with Crippen molar-refractivity contribution in [2.75, 3.05) is 18.6 Å². The number of hydrogen-bond donors (Lipinski definition) is 0. The molecule has 3 aromatic rings. The van der Waals surface area contributed by atoms with Crippen LogP contribution in [0.2, 0.25) is 0 Å². The third-order valence-electron chi connectivity index (χ3n) is 5.74. The van der Waals surface area contributed by atoms with Crippen LogP contribution in [0.15, 0.2) is 54.6 Å². The number of benzene rings is 2. The summed E-state index contributed by atoms with van der Waals surface area (Å²) in [7, 11) is 1.37. The zero-order chi connectivity index (χ0) is 25.5. The number of anilines is 1. The Bertz CT molecular complexity index is 1180. The number of aromatic nitrogens is 2. The van der Waals surface area contributed by atoms with E-state index in [0.29, 0.717) is 12.0 Å². The normalized spacial score (nSPS) is 10.8. The minimum atomic E-state index is -0.575. The molecule has 1 aromatic heterocycles. The molecule has 0 radical (unpaired) electrons. The van der Waals surface area contributed by atoms with Crippen molar-refractivity contribution >= 4 is 23.5 Å². The highest BCUT2D eigenvalue weighted by atomic mass is 16.5. The van der Waals surface area contributed by atoms with Gasteiger partial charge in [0.2, 0.25) is 0 Å². The summed E-state index contributed by atoms with van der Waals surface area (Å²) < 4.78 is 11.8. The summed E-state index contributed by atoms with van der Waals surface area (Å²) in [5.41, 5.74) is 4.61. The van der Waals surface area contributed by atoms with Crippen LogP contribution in [0, 0.1) is 13.8 Å². The summed E-state index contributed by atoms with van der Waals surface area (Å²) in [6, 6.07) is 16.0. The zero-order valence-electron chi connectivity index (χ0n) is 20.8. The standard InChI is InChI=1S/C27H31N3O5/c1-18(2)29(22-9-7-6-8-10-22)25(31)17-35-27(33)21-11-13-23(14-12-21)30-20(4)24(19(3)28-30)15-16-26(32)34-5/h6-14,18H,15-17H2,1-5H3. The Morgan fingerprint density at radius 2 is 1.66 bits per heavy atom. The fourth-order valence-corrected chi connectivity index (χ4v) is 3.95. The lowest BCUT2D eigenvalue weighted by molar-refractivity contribution is -0.140. The molecule has 0 aliphatic heterocycles. The fraction of sp³-hybridized carbons (Fsp3) is 0.333. The molecule has 0 aliphatic carbocycles. The van der Waals surface area contributed by atoms with Crippen LogP contribution in [0.4, 0.5) is 5.69 Å². The van der Waals surface area contributed by atoms with Crippen molar-refractivity contribution in [3.63, 3.8) is 0 Å². The lowest BCUT2D eigenvalue weighted by atomic mass is 10.1. The minimum absolute atomic E-state index is 0.0823. The number of amides is 1. The number of methoxy groups -OCH3 is 1. The van der Waals surface area contributed by atoms with Crippen LogP contribution >= 0.6 is 0 Å². The number of hydrogen-bond acceptors (Lipinski definition) is 6. The second-order valence-corrected chi connectivity index (χ2v) is 8.45. The van der Waals surface area contributed by atoms with Gasteiger partial charge in [-0.25, -0.2) is 9.48 Å². The first kappa shape index (κ1) is 25.7. The van der Waals surface area contributed by atoms with Crippen LogP contribution in [0.1, 0.15) is 47.6 Å². The van der Waals surface area contributed by atoms with Gasteiger partial charge in [-0.05, 0) is 76.1 Å². The van der Waals surface area contributed by atoms with E-state index in [2.05, 4.69) is 5.10 Å². The number of carbonyl (C=O) groups excluding carboxylic acids is 3. The molecule has 0 aliphatic rings. The van der Waals surface area contributed by atoms with Gasteiger partial charge in [-0.2, -0.15) is 5.10 Å². The molecule has 0 N–H and O–H groups in total. The smallest absolute Gasteiger partial charge is 0.338 e. The SMILES string of the molecule is COC(=O)CCc1c(C)nn(-c2ccc(C(=O)OCC(=O)N(c3ccccc3)C(C)C)cc2)c1C. The Kier molecular flexibility index (Phi) is 8.41. The predicted molar refractivity (Wildman–Crippen MR) is 133 cm³/mol. The molecular weight excluding hydrogens is 446 g/mol. The molecule has 0 spiro atoms. The third kappa shape index (κ3) is 6.15. The van der Waals surface area contributed by atoms with Crippen molar-refractivity contribution in [3.8, 4) is 5.69 Å². The molecule has 2 aromatic carbocycles. The quantitative estimate of drug-likeness (QED) is 0.429. The fourth-order valence-electron chi connectivity index (χ4n) is 3.95. The third-order valence-corrected chi connectivity index (χ3v) is 5.74. The summed E-state index contributed by atoms with van der Waals surface area (Å²) in [4.78, 5) is 38.4. The molecule has 0 saturated carbocycles. The number of ether oxygens (including phenoxy) is 2. The Morgan fingerprint density at radius 1 is 1.00 bits per heavy atom. The van der Waals surface area contributed by atoms with Crippen LogP contribution in [0.5, 0.6) is 0 Å². The maximum atomic E-state index is 12.8. The van der Waals surface area contributed by atoms with Crippen LogP contribution in [-0.4, -0.2) is 47.4 Å². The summed E-state index contributed by atoms with van der Waals surface area (Å²) in [6.45, 7) is 7.30. The minimum Gasteiger partial charge on any atom is -0.469 e. The highest BCUT2D eigenvalue weighted by molar-refractivity contribution is 5.97. The molecule has 8 nitrogen and oxygen atoms in total. The number of nitrogens with zero attached hydrogens (tertiary/aromatic N) is 3. The van der Waals surface area contributed by atoms with Gasteiger partial charge in [-0.3, -0.25) is 9.59 Å². The van der Waals surface area contributed by atoms with Crippen LogP contribution in [-0.2, 0) is 25.5 Å². The molecule has 0 atom stereocenters. The first-order valence-electron chi connectivity index (χ1n) is 11.5. The molecule has 1 heterocycles. The summed E-state index contributed by atoms with van der Waals surface area (Å²) in [5.74, 6) is -1.13. The Morgan fingerprint density at radius 3 is 2.26 bits per heavy atom. The van der Waals surface area contributed by atoms with Crippen molar-refractivity contribution in [2.24, 2.45) is 0 Å². The van der Waals surface area contributed by atoms with Gasteiger partial charge in [0.25, 0.3) is 5.91 Å². The van der Waals surface area contributed by atoms with Gasteiger partial charge in [-0.1, -0.05) is 18.2 Å². The number of carbonyl (C=O) groups is 3. The van der Waals surface area contributed by atoms with E-state index in [1.807, 2.05) is 58.0 Å². The van der Waals surface area contributed by atoms with Crippen molar-refractivity contribution in [1.29, 1.82) is 0 Å². The molecule has 3 rings (SSSR count). The van der Waals surface area contributed by atoms with Crippen molar-refractivity contribution < 1.29 is 23.9 Å². The van der Waals surface area contributed by atoms with E-state index in [-0.39, 0.29) is 30.9 Å². The molecular formula is C27H31N3O5. The largest absolute Gasteiger partial charge is 0.469 e. The Balaban J connectivity index is 1.66. The number of rotatable bonds is 9. The van der Waals surface area contributed by atoms with E-state index in [1.165, 1.54) is 7.11 Å². The molecule has 0 fully saturated rings. The molecule has 35 heavy (non-hydrogen) atoms. The van der Waals surface area contributed by atoms with Gasteiger partial charge < -0.3 is 14.4 Å². The Labute approximate surface area is 205 Å². The maximum Gasteiger partial charge on any atom is 0.338 e. The second kappa shape index (κ2) is 11.5. The topological polar surface area (TPSA) is 90.7 Å². The lowest BCUT2D eigenvalue weighted by Crippen LogP contribution is -2.39. The van der Waals surface area contributed by atoms with Gasteiger partial charge in [0, 0.05) is 23.8 Å². The zero-order valence-corrected chi connectivity index (χ0v) is 20.8. The molecule has 184 valence electrons. The van der Waals surface area contributed by atoms with Gasteiger partial charge in [-0.15, -0.1) is 0 Å². The van der Waals surface area contributed by atoms with Crippen LogP contribution < -0.4 is 4.90 Å². The maximum absolute atomic E-state index is 12.8. The van der Waals surface area contributed by atoms with Gasteiger partial charge in [0.1, 0.15) is 0 Å². The average molecular weight is 478 g/mol. The van der Waals surface area contributed by atoms with Crippen molar-refractivity contribution in [1.82, 2.24) is 9.78 Å². The van der Waals surface area contributed by atoms with E-state index < -0.39 is 5.97 Å². The molecule has 0 unspecified atom stereocenters. The number of aryl methyl sites for hydroxylation is 1. The average Bonchev–Trinajstić information content (AvgIpc) is 3.14. The van der Waals surface area contributed by atoms with Crippen LogP contribution in [0.3, 0.4) is 0 Å². The van der Waals surface area contributed by atoms with Crippen molar-refractivity contribution in [2.45, 2.75) is 46.6 Å². The van der Waals surface area contributed by atoms with Gasteiger partial charge in [0.15, 0.2) is 6.61 Å². The monoisotopic (exact) mass is 477 g/mol.